The normalized spacial score (nSPS) is 17.6. The Kier molecular flexibility index (Phi) is 3.99. The number of rotatable bonds is 2. The molecule has 1 atom stereocenters. The van der Waals surface area contributed by atoms with Gasteiger partial charge in [-0.25, -0.2) is 0 Å². The Morgan fingerprint density at radius 2 is 2.12 bits per heavy atom. The summed E-state index contributed by atoms with van der Waals surface area (Å²) in [5, 5.41) is 0.457. The topological polar surface area (TPSA) is 85.5 Å². The van der Waals surface area contributed by atoms with E-state index in [4.69, 9.17) is 9.15 Å². The fraction of sp³-hybridized carbons (Fsp3) is 0.222. The standard InChI is InChI=1S/C18H15N3O4/c22-14-9-16(25-15-4-2-1-3-12(14)15)18(23)21-7-8-24-17(11-21)13-10-19-5-6-20-13/h1-6,9-10,17H,7-8,11H2/t17-/m1/s1. The second-order valence-corrected chi connectivity index (χ2v) is 5.71. The number of nitrogens with zero attached hydrogens (tertiary/aromatic N) is 3. The van der Waals surface area contributed by atoms with Crippen molar-refractivity contribution in [2.24, 2.45) is 0 Å². The zero-order chi connectivity index (χ0) is 17.2. The molecule has 1 aromatic carbocycles. The minimum absolute atomic E-state index is 0.0310. The highest BCUT2D eigenvalue weighted by Crippen LogP contribution is 2.21. The van der Waals surface area contributed by atoms with Crippen molar-refractivity contribution in [3.05, 3.63) is 70.6 Å². The second kappa shape index (κ2) is 6.45. The molecule has 7 nitrogen and oxygen atoms in total. The van der Waals surface area contributed by atoms with Gasteiger partial charge in [-0.05, 0) is 12.1 Å². The van der Waals surface area contributed by atoms with Gasteiger partial charge in [0.15, 0.2) is 11.2 Å². The number of hydrogen-bond donors (Lipinski definition) is 0. The number of amides is 1. The molecular weight excluding hydrogens is 322 g/mol. The highest BCUT2D eigenvalue weighted by atomic mass is 16.5. The summed E-state index contributed by atoms with van der Waals surface area (Å²) in [5.74, 6) is -0.302. The van der Waals surface area contributed by atoms with Crippen molar-refractivity contribution in [1.82, 2.24) is 14.9 Å². The van der Waals surface area contributed by atoms with Crippen molar-refractivity contribution >= 4 is 16.9 Å². The van der Waals surface area contributed by atoms with Crippen molar-refractivity contribution in [3.8, 4) is 0 Å². The quantitative estimate of drug-likeness (QED) is 0.709. The number of carbonyl (C=O) groups excluding carboxylic acids is 1. The van der Waals surface area contributed by atoms with Crippen LogP contribution in [-0.2, 0) is 4.74 Å². The van der Waals surface area contributed by atoms with Crippen LogP contribution < -0.4 is 5.43 Å². The molecule has 1 amide bonds. The molecule has 3 aromatic rings. The van der Waals surface area contributed by atoms with Crippen LogP contribution in [0.25, 0.3) is 11.0 Å². The molecule has 7 heteroatoms. The van der Waals surface area contributed by atoms with E-state index in [9.17, 15) is 9.59 Å². The van der Waals surface area contributed by atoms with Gasteiger partial charge in [-0.15, -0.1) is 0 Å². The van der Waals surface area contributed by atoms with E-state index >= 15 is 0 Å². The van der Waals surface area contributed by atoms with Crippen LogP contribution >= 0.6 is 0 Å². The summed E-state index contributed by atoms with van der Waals surface area (Å²) in [7, 11) is 0. The van der Waals surface area contributed by atoms with Crippen LogP contribution in [0.15, 0.2) is 58.1 Å². The van der Waals surface area contributed by atoms with E-state index in [1.807, 2.05) is 0 Å². The summed E-state index contributed by atoms with van der Waals surface area (Å²) >= 11 is 0. The molecule has 0 saturated carbocycles. The Morgan fingerprint density at radius 1 is 1.24 bits per heavy atom. The summed E-state index contributed by atoms with van der Waals surface area (Å²) in [4.78, 5) is 34.8. The van der Waals surface area contributed by atoms with Crippen molar-refractivity contribution in [2.75, 3.05) is 19.7 Å². The molecule has 0 bridgehead atoms. The van der Waals surface area contributed by atoms with Crippen molar-refractivity contribution < 1.29 is 13.9 Å². The summed E-state index contributed by atoms with van der Waals surface area (Å²) in [5.41, 5.74) is 0.834. The lowest BCUT2D eigenvalue weighted by Crippen LogP contribution is -2.42. The maximum absolute atomic E-state index is 12.8. The third-order valence-corrected chi connectivity index (χ3v) is 4.11. The number of carbonyl (C=O) groups is 1. The van der Waals surface area contributed by atoms with E-state index in [0.717, 1.165) is 0 Å². The number of para-hydroxylation sites is 1. The Balaban J connectivity index is 1.61. The number of ether oxygens (including phenoxy) is 1. The van der Waals surface area contributed by atoms with Gasteiger partial charge >= 0.3 is 0 Å². The van der Waals surface area contributed by atoms with Gasteiger partial charge in [0.25, 0.3) is 5.91 Å². The van der Waals surface area contributed by atoms with Crippen LogP contribution in [0.2, 0.25) is 0 Å². The highest BCUT2D eigenvalue weighted by molar-refractivity contribution is 5.93. The first-order valence-corrected chi connectivity index (χ1v) is 7.92. The lowest BCUT2D eigenvalue weighted by molar-refractivity contribution is -0.0258. The predicted octanol–water partition coefficient (Wildman–Crippen LogP) is 1.80. The molecule has 2 aromatic heterocycles. The average molecular weight is 337 g/mol. The van der Waals surface area contributed by atoms with E-state index in [1.165, 1.54) is 6.07 Å². The fourth-order valence-corrected chi connectivity index (χ4v) is 2.85. The Bertz CT molecular complexity index is 971. The van der Waals surface area contributed by atoms with E-state index < -0.39 is 0 Å². The molecule has 0 unspecified atom stereocenters. The summed E-state index contributed by atoms with van der Waals surface area (Å²) < 4.78 is 11.3. The molecule has 0 spiro atoms. The first-order chi connectivity index (χ1) is 12.2. The summed E-state index contributed by atoms with van der Waals surface area (Å²) in [6.45, 7) is 1.13. The zero-order valence-electron chi connectivity index (χ0n) is 13.3. The SMILES string of the molecule is O=C(c1cc(=O)c2ccccc2o1)N1CCO[C@@H](c2cnccn2)C1. The van der Waals surface area contributed by atoms with Crippen LogP contribution in [0.4, 0.5) is 0 Å². The lowest BCUT2D eigenvalue weighted by atomic mass is 10.2. The van der Waals surface area contributed by atoms with Gasteiger partial charge in [-0.2, -0.15) is 0 Å². The number of benzene rings is 1. The minimum Gasteiger partial charge on any atom is -0.451 e. The molecule has 0 radical (unpaired) electrons. The van der Waals surface area contributed by atoms with Gasteiger partial charge in [-0.1, -0.05) is 12.1 Å². The van der Waals surface area contributed by atoms with Crippen LogP contribution in [0, 0.1) is 0 Å². The van der Waals surface area contributed by atoms with Gasteiger partial charge in [0, 0.05) is 25.0 Å². The smallest absolute Gasteiger partial charge is 0.289 e. The zero-order valence-corrected chi connectivity index (χ0v) is 13.3. The van der Waals surface area contributed by atoms with E-state index in [2.05, 4.69) is 9.97 Å². The van der Waals surface area contributed by atoms with Crippen molar-refractivity contribution in [2.45, 2.75) is 6.10 Å². The Labute approximate surface area is 142 Å². The number of fused-ring (bicyclic) bond motifs is 1. The maximum atomic E-state index is 12.8. The Hall–Kier alpha value is -3.06. The first-order valence-electron chi connectivity index (χ1n) is 7.92. The lowest BCUT2D eigenvalue weighted by Gasteiger charge is -2.32. The van der Waals surface area contributed by atoms with Crippen LogP contribution in [0.1, 0.15) is 22.4 Å². The molecule has 1 aliphatic heterocycles. The molecule has 25 heavy (non-hydrogen) atoms. The van der Waals surface area contributed by atoms with Gasteiger partial charge in [0.1, 0.15) is 11.7 Å². The highest BCUT2D eigenvalue weighted by Gasteiger charge is 2.28. The molecule has 1 fully saturated rings. The molecule has 1 aliphatic rings. The molecule has 3 heterocycles. The summed E-state index contributed by atoms with van der Waals surface area (Å²) in [6, 6.07) is 8.12. The molecule has 0 N–H and O–H groups in total. The molecule has 0 aliphatic carbocycles. The number of morpholine rings is 1. The number of hydrogen-bond acceptors (Lipinski definition) is 6. The molecule has 4 rings (SSSR count). The van der Waals surface area contributed by atoms with E-state index in [1.54, 1.807) is 47.8 Å². The van der Waals surface area contributed by atoms with E-state index in [0.29, 0.717) is 36.4 Å². The maximum Gasteiger partial charge on any atom is 0.289 e. The van der Waals surface area contributed by atoms with Gasteiger partial charge in [0.2, 0.25) is 0 Å². The minimum atomic E-state index is -0.349. The number of aromatic nitrogens is 2. The third kappa shape index (κ3) is 3.01. The summed E-state index contributed by atoms with van der Waals surface area (Å²) in [6.07, 6.45) is 4.44. The van der Waals surface area contributed by atoms with Crippen LogP contribution in [0.3, 0.4) is 0 Å². The fourth-order valence-electron chi connectivity index (χ4n) is 2.85. The average Bonchev–Trinajstić information content (AvgIpc) is 2.68. The predicted molar refractivity (Wildman–Crippen MR) is 89.1 cm³/mol. The molecular formula is C18H15N3O4. The second-order valence-electron chi connectivity index (χ2n) is 5.71. The largest absolute Gasteiger partial charge is 0.451 e. The van der Waals surface area contributed by atoms with Crippen LogP contribution in [-0.4, -0.2) is 40.5 Å². The van der Waals surface area contributed by atoms with Crippen molar-refractivity contribution in [1.29, 1.82) is 0 Å². The monoisotopic (exact) mass is 337 g/mol. The molecule has 1 saturated heterocycles. The van der Waals surface area contributed by atoms with Gasteiger partial charge in [0.05, 0.1) is 30.4 Å². The van der Waals surface area contributed by atoms with Gasteiger partial charge < -0.3 is 14.1 Å². The third-order valence-electron chi connectivity index (χ3n) is 4.11. The Morgan fingerprint density at radius 3 is 2.96 bits per heavy atom. The van der Waals surface area contributed by atoms with Crippen LogP contribution in [0.5, 0.6) is 0 Å². The first kappa shape index (κ1) is 15.5. The molecule has 126 valence electrons. The van der Waals surface area contributed by atoms with Crippen molar-refractivity contribution in [3.63, 3.8) is 0 Å². The van der Waals surface area contributed by atoms with Gasteiger partial charge in [-0.3, -0.25) is 19.6 Å². The van der Waals surface area contributed by atoms with E-state index in [-0.39, 0.29) is 23.2 Å².